The highest BCUT2D eigenvalue weighted by atomic mass is 16.2. The summed E-state index contributed by atoms with van der Waals surface area (Å²) in [5.74, 6) is 0.375. The summed E-state index contributed by atoms with van der Waals surface area (Å²) in [7, 11) is 0. The zero-order valence-electron chi connectivity index (χ0n) is 16.4. The molecule has 2 saturated heterocycles. The van der Waals surface area contributed by atoms with Crippen molar-refractivity contribution in [2.24, 2.45) is 5.92 Å². The van der Waals surface area contributed by atoms with E-state index in [0.29, 0.717) is 24.7 Å². The van der Waals surface area contributed by atoms with Gasteiger partial charge < -0.3 is 15.5 Å². The van der Waals surface area contributed by atoms with Gasteiger partial charge in [0.2, 0.25) is 5.91 Å². The molecule has 2 amide bonds. The maximum absolute atomic E-state index is 13.1. The lowest BCUT2D eigenvalue weighted by Crippen LogP contribution is -2.46. The normalized spacial score (nSPS) is 22.4. The molecule has 6 nitrogen and oxygen atoms in total. The Bertz CT molecular complexity index is 876. The first kappa shape index (κ1) is 18.9. The molecule has 2 fully saturated rings. The molecule has 28 heavy (non-hydrogen) atoms. The van der Waals surface area contributed by atoms with Crippen LogP contribution in [-0.4, -0.2) is 53.9 Å². The highest BCUT2D eigenvalue weighted by Gasteiger charge is 2.27. The van der Waals surface area contributed by atoms with E-state index in [0.717, 1.165) is 55.2 Å². The van der Waals surface area contributed by atoms with Crippen LogP contribution in [0.25, 0.3) is 10.9 Å². The summed E-state index contributed by atoms with van der Waals surface area (Å²) in [5.41, 5.74) is 2.44. The van der Waals surface area contributed by atoms with Crippen LogP contribution in [0.15, 0.2) is 30.3 Å². The number of hydrogen-bond donors (Lipinski definition) is 2. The number of pyridine rings is 1. The average Bonchev–Trinajstić information content (AvgIpc) is 3.27. The predicted molar refractivity (Wildman–Crippen MR) is 109 cm³/mol. The maximum Gasteiger partial charge on any atom is 0.272 e. The minimum Gasteiger partial charge on any atom is -0.354 e. The smallest absolute Gasteiger partial charge is 0.272 e. The van der Waals surface area contributed by atoms with Gasteiger partial charge in [-0.05, 0) is 62.8 Å². The average molecular weight is 380 g/mol. The molecule has 4 rings (SSSR count). The molecular weight excluding hydrogens is 352 g/mol. The number of piperidine rings is 1. The Morgan fingerprint density at radius 3 is 2.93 bits per heavy atom. The molecule has 2 atom stereocenters. The number of para-hydroxylation sites is 1. The van der Waals surface area contributed by atoms with Gasteiger partial charge in [0, 0.05) is 25.0 Å². The van der Waals surface area contributed by atoms with Crippen LogP contribution in [0.5, 0.6) is 0 Å². The van der Waals surface area contributed by atoms with Crippen LogP contribution in [0.4, 0.5) is 0 Å². The monoisotopic (exact) mass is 380 g/mol. The first-order valence-electron chi connectivity index (χ1n) is 10.3. The van der Waals surface area contributed by atoms with E-state index in [1.54, 1.807) is 0 Å². The van der Waals surface area contributed by atoms with Gasteiger partial charge in [-0.2, -0.15) is 0 Å². The van der Waals surface area contributed by atoms with Crippen LogP contribution in [0.2, 0.25) is 0 Å². The number of carbonyl (C=O) groups excluding carboxylic acids is 2. The minimum atomic E-state index is -0.0499. The number of aromatic nitrogens is 1. The number of benzene rings is 1. The standard InChI is InChI=1S/C22H28N4O2/c1-15-12-20(25-18-8-3-2-7-17(15)18)22(28)26-11-5-6-16(14-26)13-24-21(27)19-9-4-10-23-19/h2-3,7-8,12,16,19,23H,4-6,9-11,13-14H2,1H3,(H,24,27). The number of carbonyl (C=O) groups is 2. The molecule has 6 heteroatoms. The third-order valence-corrected chi connectivity index (χ3v) is 5.89. The van der Waals surface area contributed by atoms with Crippen LogP contribution >= 0.6 is 0 Å². The van der Waals surface area contributed by atoms with E-state index in [4.69, 9.17) is 0 Å². The largest absolute Gasteiger partial charge is 0.354 e. The SMILES string of the molecule is Cc1cc(C(=O)N2CCCC(CNC(=O)C3CCCN3)C2)nc2ccccc12. The molecule has 2 aromatic rings. The first-order valence-corrected chi connectivity index (χ1v) is 10.3. The summed E-state index contributed by atoms with van der Waals surface area (Å²) in [6, 6.07) is 9.76. The zero-order chi connectivity index (χ0) is 19.5. The molecule has 2 aliphatic rings. The number of nitrogens with one attached hydrogen (secondary N) is 2. The van der Waals surface area contributed by atoms with E-state index < -0.39 is 0 Å². The Morgan fingerprint density at radius 1 is 1.25 bits per heavy atom. The van der Waals surface area contributed by atoms with Crippen molar-refractivity contribution < 1.29 is 9.59 Å². The van der Waals surface area contributed by atoms with Crippen molar-refractivity contribution >= 4 is 22.7 Å². The minimum absolute atomic E-state index is 0.0117. The van der Waals surface area contributed by atoms with Gasteiger partial charge >= 0.3 is 0 Å². The summed E-state index contributed by atoms with van der Waals surface area (Å²) >= 11 is 0. The Balaban J connectivity index is 1.40. The van der Waals surface area contributed by atoms with Gasteiger partial charge in [0.25, 0.3) is 5.91 Å². The van der Waals surface area contributed by atoms with Crippen molar-refractivity contribution in [3.8, 4) is 0 Å². The van der Waals surface area contributed by atoms with E-state index in [9.17, 15) is 9.59 Å². The molecule has 0 spiro atoms. The van der Waals surface area contributed by atoms with Crippen molar-refractivity contribution in [2.45, 2.75) is 38.6 Å². The molecular formula is C22H28N4O2. The van der Waals surface area contributed by atoms with E-state index in [1.165, 1.54) is 0 Å². The van der Waals surface area contributed by atoms with Gasteiger partial charge in [0.05, 0.1) is 11.6 Å². The lowest BCUT2D eigenvalue weighted by molar-refractivity contribution is -0.123. The summed E-state index contributed by atoms with van der Waals surface area (Å²) in [5, 5.41) is 7.38. The van der Waals surface area contributed by atoms with Gasteiger partial charge in [-0.25, -0.2) is 4.98 Å². The second-order valence-corrected chi connectivity index (χ2v) is 8.00. The van der Waals surface area contributed by atoms with Gasteiger partial charge in [-0.3, -0.25) is 9.59 Å². The molecule has 3 heterocycles. The van der Waals surface area contributed by atoms with E-state index >= 15 is 0 Å². The van der Waals surface area contributed by atoms with Crippen molar-refractivity contribution in [3.05, 3.63) is 41.6 Å². The second-order valence-electron chi connectivity index (χ2n) is 8.00. The van der Waals surface area contributed by atoms with Crippen molar-refractivity contribution in [2.75, 3.05) is 26.2 Å². The van der Waals surface area contributed by atoms with Crippen LogP contribution in [0.3, 0.4) is 0 Å². The topological polar surface area (TPSA) is 74.3 Å². The Hall–Kier alpha value is -2.47. The summed E-state index contributed by atoms with van der Waals surface area (Å²) < 4.78 is 0. The van der Waals surface area contributed by atoms with Crippen LogP contribution < -0.4 is 10.6 Å². The Kier molecular flexibility index (Phi) is 5.57. The van der Waals surface area contributed by atoms with Crippen molar-refractivity contribution in [1.82, 2.24) is 20.5 Å². The lowest BCUT2D eigenvalue weighted by Gasteiger charge is -2.33. The van der Waals surface area contributed by atoms with E-state index in [-0.39, 0.29) is 17.9 Å². The predicted octanol–water partition coefficient (Wildman–Crippen LogP) is 2.26. The number of aryl methyl sites for hydroxylation is 1. The van der Waals surface area contributed by atoms with Gasteiger partial charge in [0.1, 0.15) is 5.69 Å². The summed E-state index contributed by atoms with van der Waals surface area (Å²) in [6.07, 6.45) is 3.96. The molecule has 1 aromatic heterocycles. The highest BCUT2D eigenvalue weighted by Crippen LogP contribution is 2.21. The van der Waals surface area contributed by atoms with Crippen molar-refractivity contribution in [1.29, 1.82) is 0 Å². The fourth-order valence-electron chi connectivity index (χ4n) is 4.31. The Morgan fingerprint density at radius 2 is 2.11 bits per heavy atom. The maximum atomic E-state index is 13.1. The quantitative estimate of drug-likeness (QED) is 0.853. The van der Waals surface area contributed by atoms with E-state index in [2.05, 4.69) is 15.6 Å². The number of fused-ring (bicyclic) bond motifs is 1. The molecule has 0 bridgehead atoms. The molecule has 2 unspecified atom stereocenters. The number of hydrogen-bond acceptors (Lipinski definition) is 4. The molecule has 0 saturated carbocycles. The van der Waals surface area contributed by atoms with Crippen molar-refractivity contribution in [3.63, 3.8) is 0 Å². The fraction of sp³-hybridized carbons (Fsp3) is 0.500. The number of amides is 2. The van der Waals surface area contributed by atoms with Gasteiger partial charge in [0.15, 0.2) is 0 Å². The number of likely N-dealkylation sites (tertiary alicyclic amines) is 1. The van der Waals surface area contributed by atoms with Crippen LogP contribution in [-0.2, 0) is 4.79 Å². The van der Waals surface area contributed by atoms with E-state index in [1.807, 2.05) is 42.2 Å². The summed E-state index contributed by atoms with van der Waals surface area (Å²) in [4.78, 5) is 31.8. The second kappa shape index (κ2) is 8.27. The number of nitrogens with zero attached hydrogens (tertiary/aromatic N) is 2. The fourth-order valence-corrected chi connectivity index (χ4v) is 4.31. The number of rotatable bonds is 4. The zero-order valence-corrected chi connectivity index (χ0v) is 16.4. The van der Waals surface area contributed by atoms with Gasteiger partial charge in [-0.1, -0.05) is 18.2 Å². The molecule has 148 valence electrons. The Labute approximate surface area is 165 Å². The van der Waals surface area contributed by atoms with Crippen LogP contribution in [0.1, 0.15) is 41.7 Å². The molecule has 1 aromatic carbocycles. The first-order chi connectivity index (χ1) is 13.6. The molecule has 0 radical (unpaired) electrons. The third kappa shape index (κ3) is 4.02. The molecule has 2 aliphatic heterocycles. The van der Waals surface area contributed by atoms with Gasteiger partial charge in [-0.15, -0.1) is 0 Å². The van der Waals surface area contributed by atoms with Crippen LogP contribution in [0, 0.1) is 12.8 Å². The summed E-state index contributed by atoms with van der Waals surface area (Å²) in [6.45, 7) is 4.99. The highest BCUT2D eigenvalue weighted by molar-refractivity contribution is 5.96. The third-order valence-electron chi connectivity index (χ3n) is 5.89. The molecule has 0 aliphatic carbocycles. The lowest BCUT2D eigenvalue weighted by atomic mass is 9.97. The molecule has 2 N–H and O–H groups in total.